The molecule has 1 aliphatic rings. The van der Waals surface area contributed by atoms with Gasteiger partial charge in [-0.2, -0.15) is 4.31 Å². The maximum atomic E-state index is 13.0. The number of hydrogen-bond donors (Lipinski definition) is 2. The first-order valence-corrected chi connectivity index (χ1v) is 14.4. The Hall–Kier alpha value is -2.65. The lowest BCUT2D eigenvalue weighted by molar-refractivity contribution is 0.0926. The first-order valence-electron chi connectivity index (χ1n) is 13.0. The van der Waals surface area contributed by atoms with Gasteiger partial charge in [0.1, 0.15) is 5.82 Å². The molecule has 0 atom stereocenters. The second-order valence-electron chi connectivity index (χ2n) is 9.84. The summed E-state index contributed by atoms with van der Waals surface area (Å²) >= 11 is 0. The van der Waals surface area contributed by atoms with Crippen LogP contribution < -0.4 is 15.5 Å². The third-order valence-electron chi connectivity index (χ3n) is 6.57. The number of rotatable bonds is 11. The van der Waals surface area contributed by atoms with E-state index in [2.05, 4.69) is 32.7 Å². The normalized spacial score (nSPS) is 18.2. The lowest BCUT2D eigenvalue weighted by Crippen LogP contribution is -2.40. The Kier molecular flexibility index (Phi) is 9.73. The fraction of sp³-hybridized carbons (Fsp3) is 0.556. The molecule has 1 fully saturated rings. The smallest absolute Gasteiger partial charge is 0.251 e. The van der Waals surface area contributed by atoms with Gasteiger partial charge < -0.3 is 15.5 Å². The summed E-state index contributed by atoms with van der Waals surface area (Å²) in [5, 5.41) is 6.68. The molecule has 0 spiro atoms. The van der Waals surface area contributed by atoms with E-state index in [0.29, 0.717) is 24.7 Å². The molecule has 1 amide bonds. The highest BCUT2D eigenvalue weighted by Gasteiger charge is 2.25. The largest absolute Gasteiger partial charge is 0.377 e. The molecule has 1 heterocycles. The van der Waals surface area contributed by atoms with Gasteiger partial charge in [-0.25, -0.2) is 13.4 Å². The lowest BCUT2D eigenvalue weighted by Gasteiger charge is -2.30. The number of carbonyl (C=O) groups excluding carboxylic acids is 1. The number of anilines is 2. The maximum absolute atomic E-state index is 13.0. The van der Waals surface area contributed by atoms with Crippen molar-refractivity contribution in [2.24, 2.45) is 0 Å². The highest BCUT2D eigenvalue weighted by atomic mass is 32.2. The van der Waals surface area contributed by atoms with Gasteiger partial charge in [-0.1, -0.05) is 13.8 Å². The Balaban J connectivity index is 1.54. The molecule has 1 saturated carbocycles. The molecule has 36 heavy (non-hydrogen) atoms. The lowest BCUT2D eigenvalue weighted by atomic mass is 9.91. The standard InChI is InChI=1S/C27H41N5O3S/c1-6-16-32(17-7-2)36(34,35)25-14-8-21(9-15-25)27(33)30-23-12-10-22(11-13-23)29-26-19-24(31(4)5)18-20(3)28-26/h8-9,14-15,18-19,22-23H,6-7,10-13,16-17H2,1-5H3,(H,28,29)(H,30,33)/t22-,23+. The fourth-order valence-electron chi connectivity index (χ4n) is 4.62. The molecule has 1 aromatic heterocycles. The van der Waals surface area contributed by atoms with Crippen molar-refractivity contribution < 1.29 is 13.2 Å². The van der Waals surface area contributed by atoms with Crippen LogP contribution in [0, 0.1) is 6.92 Å². The quantitative estimate of drug-likeness (QED) is 0.460. The number of benzene rings is 1. The van der Waals surface area contributed by atoms with Gasteiger partial charge in [0.2, 0.25) is 10.0 Å². The molecule has 0 unspecified atom stereocenters. The van der Waals surface area contributed by atoms with Crippen molar-refractivity contribution in [3.8, 4) is 0 Å². The van der Waals surface area contributed by atoms with Crippen LogP contribution in [0.5, 0.6) is 0 Å². The van der Waals surface area contributed by atoms with E-state index in [1.54, 1.807) is 24.3 Å². The molecule has 3 rings (SSSR count). The molecular formula is C27H41N5O3S. The van der Waals surface area contributed by atoms with Gasteiger partial charge in [0, 0.05) is 62.3 Å². The van der Waals surface area contributed by atoms with Crippen LogP contribution in [0.25, 0.3) is 0 Å². The van der Waals surface area contributed by atoms with E-state index in [0.717, 1.165) is 55.7 Å². The zero-order valence-electron chi connectivity index (χ0n) is 22.3. The number of sulfonamides is 1. The van der Waals surface area contributed by atoms with Crippen molar-refractivity contribution in [2.45, 2.75) is 76.3 Å². The van der Waals surface area contributed by atoms with Gasteiger partial charge in [0.25, 0.3) is 5.91 Å². The van der Waals surface area contributed by atoms with E-state index in [9.17, 15) is 13.2 Å². The molecular weight excluding hydrogens is 474 g/mol. The predicted molar refractivity (Wildman–Crippen MR) is 146 cm³/mol. The van der Waals surface area contributed by atoms with Crippen molar-refractivity contribution in [2.75, 3.05) is 37.4 Å². The van der Waals surface area contributed by atoms with Crippen LogP contribution in [0.3, 0.4) is 0 Å². The number of hydrogen-bond acceptors (Lipinski definition) is 6. The van der Waals surface area contributed by atoms with Crippen molar-refractivity contribution in [3.63, 3.8) is 0 Å². The summed E-state index contributed by atoms with van der Waals surface area (Å²) in [5.74, 6) is 0.725. The van der Waals surface area contributed by atoms with E-state index < -0.39 is 10.0 Å². The second kappa shape index (κ2) is 12.5. The Morgan fingerprint density at radius 1 is 0.972 bits per heavy atom. The Morgan fingerprint density at radius 2 is 1.56 bits per heavy atom. The molecule has 0 bridgehead atoms. The van der Waals surface area contributed by atoms with Gasteiger partial charge in [-0.05, 0) is 75.8 Å². The Morgan fingerprint density at radius 3 is 2.11 bits per heavy atom. The van der Waals surface area contributed by atoms with Crippen LogP contribution in [0.1, 0.15) is 68.4 Å². The average Bonchev–Trinajstić information content (AvgIpc) is 2.84. The second-order valence-corrected chi connectivity index (χ2v) is 11.8. The summed E-state index contributed by atoms with van der Waals surface area (Å²) in [5.41, 5.74) is 2.58. The third-order valence-corrected chi connectivity index (χ3v) is 8.48. The van der Waals surface area contributed by atoms with Crippen molar-refractivity contribution in [3.05, 3.63) is 47.7 Å². The molecule has 9 heteroatoms. The van der Waals surface area contributed by atoms with Crippen LogP contribution in [-0.4, -0.2) is 62.9 Å². The number of pyridine rings is 1. The molecule has 0 aliphatic heterocycles. The number of aromatic nitrogens is 1. The first kappa shape index (κ1) is 27.9. The highest BCUT2D eigenvalue weighted by Crippen LogP contribution is 2.25. The highest BCUT2D eigenvalue weighted by molar-refractivity contribution is 7.89. The number of carbonyl (C=O) groups is 1. The molecule has 0 saturated heterocycles. The van der Waals surface area contributed by atoms with E-state index in [-0.39, 0.29) is 16.8 Å². The SMILES string of the molecule is CCCN(CCC)S(=O)(=O)c1ccc(C(=O)N[C@H]2CC[C@@H](Nc3cc(N(C)C)cc(C)n3)CC2)cc1. The number of nitrogens with zero attached hydrogens (tertiary/aromatic N) is 3. The summed E-state index contributed by atoms with van der Waals surface area (Å²) in [4.78, 5) is 19.7. The van der Waals surface area contributed by atoms with Crippen LogP contribution in [0.15, 0.2) is 41.3 Å². The van der Waals surface area contributed by atoms with Crippen LogP contribution >= 0.6 is 0 Å². The molecule has 2 N–H and O–H groups in total. The van der Waals surface area contributed by atoms with Crippen molar-refractivity contribution in [1.29, 1.82) is 0 Å². The minimum Gasteiger partial charge on any atom is -0.377 e. The van der Waals surface area contributed by atoms with Gasteiger partial charge in [-0.15, -0.1) is 0 Å². The van der Waals surface area contributed by atoms with Crippen LogP contribution in [-0.2, 0) is 10.0 Å². The monoisotopic (exact) mass is 515 g/mol. The fourth-order valence-corrected chi connectivity index (χ4v) is 6.24. The molecule has 1 aliphatic carbocycles. The Bertz CT molecular complexity index is 1100. The van der Waals surface area contributed by atoms with E-state index >= 15 is 0 Å². The number of nitrogens with one attached hydrogen (secondary N) is 2. The first-order chi connectivity index (χ1) is 17.1. The van der Waals surface area contributed by atoms with Crippen LogP contribution in [0.4, 0.5) is 11.5 Å². The van der Waals surface area contributed by atoms with Gasteiger partial charge in [-0.3, -0.25) is 4.79 Å². The molecule has 1 aromatic carbocycles. The minimum atomic E-state index is -3.55. The van der Waals surface area contributed by atoms with Gasteiger partial charge in [0.15, 0.2) is 0 Å². The summed E-state index contributed by atoms with van der Waals surface area (Å²) in [6.45, 7) is 6.92. The average molecular weight is 516 g/mol. The number of aryl methyl sites for hydroxylation is 1. The summed E-state index contributed by atoms with van der Waals surface area (Å²) < 4.78 is 27.4. The molecule has 0 radical (unpaired) electrons. The van der Waals surface area contributed by atoms with Gasteiger partial charge in [0.05, 0.1) is 4.90 Å². The summed E-state index contributed by atoms with van der Waals surface area (Å²) in [7, 11) is 0.490. The van der Waals surface area contributed by atoms with Crippen molar-refractivity contribution in [1.82, 2.24) is 14.6 Å². The van der Waals surface area contributed by atoms with Gasteiger partial charge >= 0.3 is 0 Å². The molecule has 198 valence electrons. The predicted octanol–water partition coefficient (Wildman–Crippen LogP) is 4.42. The Labute approximate surface area is 216 Å². The molecule has 8 nitrogen and oxygen atoms in total. The van der Waals surface area contributed by atoms with E-state index in [1.165, 1.54) is 4.31 Å². The summed E-state index contributed by atoms with van der Waals surface area (Å²) in [6, 6.07) is 10.8. The third kappa shape index (κ3) is 7.20. The van der Waals surface area contributed by atoms with E-state index in [1.807, 2.05) is 34.9 Å². The zero-order valence-corrected chi connectivity index (χ0v) is 23.1. The topological polar surface area (TPSA) is 94.6 Å². The zero-order chi connectivity index (χ0) is 26.3. The van der Waals surface area contributed by atoms with Crippen molar-refractivity contribution >= 4 is 27.4 Å². The number of amides is 1. The van der Waals surface area contributed by atoms with E-state index in [4.69, 9.17) is 0 Å². The minimum absolute atomic E-state index is 0.103. The summed E-state index contributed by atoms with van der Waals surface area (Å²) in [6.07, 6.45) is 5.17. The molecule has 2 aromatic rings. The van der Waals surface area contributed by atoms with Crippen LogP contribution in [0.2, 0.25) is 0 Å². The maximum Gasteiger partial charge on any atom is 0.251 e.